The molecule has 0 aliphatic heterocycles. The molecule has 2 heterocycles. The summed E-state index contributed by atoms with van der Waals surface area (Å²) in [5.41, 5.74) is 2.76. The van der Waals surface area contributed by atoms with Crippen molar-refractivity contribution < 1.29 is 9.18 Å². The number of nitrogens with one attached hydrogen (secondary N) is 1. The highest BCUT2D eigenvalue weighted by Crippen LogP contribution is 2.53. The Morgan fingerprint density at radius 3 is 2.60 bits per heavy atom. The van der Waals surface area contributed by atoms with Gasteiger partial charge >= 0.3 is 0 Å². The molecule has 0 saturated heterocycles. The molecular weight excluding hydrogens is 401 g/mol. The lowest BCUT2D eigenvalue weighted by atomic mass is 9.89. The number of carbonyl (C=O) groups is 1. The number of anilines is 1. The van der Waals surface area contributed by atoms with Gasteiger partial charge in [-0.3, -0.25) is 9.78 Å². The minimum absolute atomic E-state index is 0.0382. The summed E-state index contributed by atoms with van der Waals surface area (Å²) in [5.74, 6) is 1.98. The van der Waals surface area contributed by atoms with Crippen LogP contribution in [0.1, 0.15) is 43.6 Å². The lowest BCUT2D eigenvalue weighted by Crippen LogP contribution is -2.16. The maximum Gasteiger partial charge on any atom is 0.224 e. The van der Waals surface area contributed by atoms with E-state index in [9.17, 15) is 9.18 Å². The van der Waals surface area contributed by atoms with Gasteiger partial charge in [0.25, 0.3) is 0 Å². The Morgan fingerprint density at radius 2 is 1.87 bits per heavy atom. The number of aromatic nitrogens is 2. The fourth-order valence-electron chi connectivity index (χ4n) is 5.58. The maximum atomic E-state index is 13.8. The summed E-state index contributed by atoms with van der Waals surface area (Å²) < 4.78 is 13.8. The molecule has 2 aliphatic rings. The summed E-state index contributed by atoms with van der Waals surface area (Å²) in [5, 5.41) is 4.27. The fraction of sp³-hybridized carbons (Fsp3) is 0.375. The average Bonchev–Trinajstić information content (AvgIpc) is 3.27. The van der Waals surface area contributed by atoms with E-state index in [4.69, 9.17) is 11.6 Å². The molecule has 2 aromatic heterocycles. The summed E-state index contributed by atoms with van der Waals surface area (Å²) >= 11 is 5.79. The quantitative estimate of drug-likeness (QED) is 0.526. The van der Waals surface area contributed by atoms with Crippen LogP contribution in [0.5, 0.6) is 0 Å². The molecule has 1 N–H and O–H groups in total. The summed E-state index contributed by atoms with van der Waals surface area (Å²) in [6.45, 7) is 0. The van der Waals surface area contributed by atoms with E-state index in [1.54, 1.807) is 30.5 Å². The molecule has 4 atom stereocenters. The predicted molar refractivity (Wildman–Crippen MR) is 116 cm³/mol. The van der Waals surface area contributed by atoms with Crippen LogP contribution in [0, 0.1) is 23.6 Å². The number of fused-ring (bicyclic) bond motifs is 2. The molecule has 2 fully saturated rings. The first kappa shape index (κ1) is 19.4. The number of halogens is 2. The standard InChI is InChI=1S/C24H23ClFN3O/c25-23-4-2-19(13-28-23)29-24(30)9-14-7-15-10-17(11-16(15)8-14)20-5-6-27-22-3-1-18(26)12-21(20)22/h1-6,12-17H,7-11H2,(H,29,30)/t14?,15-,16?,17?/m0/s1. The SMILES string of the molecule is O=C(CC1CC2CC(c3ccnc4ccc(F)cc34)C[C@@H]2C1)Nc1ccc(Cl)nc1. The van der Waals surface area contributed by atoms with Crippen molar-refractivity contribution in [3.8, 4) is 0 Å². The predicted octanol–water partition coefficient (Wildman–Crippen LogP) is 5.97. The highest BCUT2D eigenvalue weighted by molar-refractivity contribution is 6.29. The molecule has 30 heavy (non-hydrogen) atoms. The summed E-state index contributed by atoms with van der Waals surface area (Å²) in [4.78, 5) is 20.8. The molecule has 0 spiro atoms. The third kappa shape index (κ3) is 3.91. The van der Waals surface area contributed by atoms with E-state index >= 15 is 0 Å². The summed E-state index contributed by atoms with van der Waals surface area (Å²) in [6.07, 6.45) is 8.36. The zero-order chi connectivity index (χ0) is 20.7. The maximum absolute atomic E-state index is 13.8. The fourth-order valence-corrected chi connectivity index (χ4v) is 5.69. The number of nitrogens with zero attached hydrogens (tertiary/aromatic N) is 2. The van der Waals surface area contributed by atoms with Crippen molar-refractivity contribution in [3.63, 3.8) is 0 Å². The van der Waals surface area contributed by atoms with Gasteiger partial charge in [-0.15, -0.1) is 0 Å². The van der Waals surface area contributed by atoms with Gasteiger partial charge in [-0.2, -0.15) is 0 Å². The number of carbonyl (C=O) groups excluding carboxylic acids is 1. The van der Waals surface area contributed by atoms with Crippen molar-refractivity contribution in [1.29, 1.82) is 0 Å². The molecule has 2 aliphatic carbocycles. The van der Waals surface area contributed by atoms with Gasteiger partial charge in [-0.1, -0.05) is 11.6 Å². The van der Waals surface area contributed by atoms with Crippen LogP contribution < -0.4 is 5.32 Å². The first-order valence-corrected chi connectivity index (χ1v) is 10.9. The number of hydrogen-bond donors (Lipinski definition) is 1. The molecule has 1 aromatic carbocycles. The van der Waals surface area contributed by atoms with E-state index in [0.717, 1.165) is 36.6 Å². The Balaban J connectivity index is 1.21. The minimum atomic E-state index is -0.211. The number of rotatable bonds is 4. The molecular formula is C24H23ClFN3O. The number of hydrogen-bond acceptors (Lipinski definition) is 3. The van der Waals surface area contributed by atoms with Gasteiger partial charge in [-0.05, 0) is 91.3 Å². The summed E-state index contributed by atoms with van der Waals surface area (Å²) in [7, 11) is 0. The second kappa shape index (κ2) is 7.95. The molecule has 6 heteroatoms. The third-order valence-corrected chi connectivity index (χ3v) is 7.00. The van der Waals surface area contributed by atoms with Crippen LogP contribution in [0.4, 0.5) is 10.1 Å². The first-order chi connectivity index (χ1) is 14.5. The lowest BCUT2D eigenvalue weighted by molar-refractivity contribution is -0.117. The molecule has 2 saturated carbocycles. The van der Waals surface area contributed by atoms with Crippen molar-refractivity contribution in [2.24, 2.45) is 17.8 Å². The van der Waals surface area contributed by atoms with E-state index in [1.807, 2.05) is 6.20 Å². The van der Waals surface area contributed by atoms with Crippen LogP contribution in [-0.2, 0) is 4.79 Å². The Kier molecular flexibility index (Phi) is 5.15. The van der Waals surface area contributed by atoms with Gasteiger partial charge in [0.2, 0.25) is 5.91 Å². The molecule has 154 valence electrons. The van der Waals surface area contributed by atoms with Crippen LogP contribution >= 0.6 is 11.6 Å². The van der Waals surface area contributed by atoms with E-state index < -0.39 is 0 Å². The topological polar surface area (TPSA) is 54.9 Å². The molecule has 0 radical (unpaired) electrons. The normalized spacial score (nSPS) is 25.4. The second-order valence-electron chi connectivity index (χ2n) is 8.71. The van der Waals surface area contributed by atoms with Crippen LogP contribution in [0.15, 0.2) is 48.8 Å². The van der Waals surface area contributed by atoms with Crippen molar-refractivity contribution >= 4 is 34.1 Å². The van der Waals surface area contributed by atoms with Gasteiger partial charge < -0.3 is 5.32 Å². The van der Waals surface area contributed by atoms with Crippen molar-refractivity contribution in [1.82, 2.24) is 9.97 Å². The van der Waals surface area contributed by atoms with Crippen LogP contribution in [0.2, 0.25) is 5.15 Å². The van der Waals surface area contributed by atoms with Gasteiger partial charge in [0.15, 0.2) is 0 Å². The van der Waals surface area contributed by atoms with Gasteiger partial charge in [0.05, 0.1) is 17.4 Å². The van der Waals surface area contributed by atoms with E-state index in [1.165, 1.54) is 11.6 Å². The number of benzene rings is 1. The molecule has 4 nitrogen and oxygen atoms in total. The minimum Gasteiger partial charge on any atom is -0.325 e. The molecule has 0 bridgehead atoms. The Labute approximate surface area is 179 Å². The number of pyridine rings is 2. The van der Waals surface area contributed by atoms with Crippen molar-refractivity contribution in [2.45, 2.75) is 38.0 Å². The lowest BCUT2D eigenvalue weighted by Gasteiger charge is -2.17. The monoisotopic (exact) mass is 423 g/mol. The number of amides is 1. The molecule has 1 amide bonds. The second-order valence-corrected chi connectivity index (χ2v) is 9.10. The highest BCUT2D eigenvalue weighted by Gasteiger charge is 2.42. The Morgan fingerprint density at radius 1 is 1.07 bits per heavy atom. The Bertz CT molecular complexity index is 1070. The first-order valence-electron chi connectivity index (χ1n) is 10.5. The van der Waals surface area contributed by atoms with E-state index in [0.29, 0.717) is 40.9 Å². The third-order valence-electron chi connectivity index (χ3n) is 6.78. The van der Waals surface area contributed by atoms with Gasteiger partial charge in [-0.25, -0.2) is 9.37 Å². The smallest absolute Gasteiger partial charge is 0.224 e. The molecule has 5 rings (SSSR count). The largest absolute Gasteiger partial charge is 0.325 e. The zero-order valence-corrected chi connectivity index (χ0v) is 17.3. The van der Waals surface area contributed by atoms with Crippen LogP contribution in [0.3, 0.4) is 0 Å². The van der Waals surface area contributed by atoms with Gasteiger partial charge in [0, 0.05) is 18.0 Å². The van der Waals surface area contributed by atoms with Crippen molar-refractivity contribution in [2.75, 3.05) is 5.32 Å². The molecule has 3 unspecified atom stereocenters. The van der Waals surface area contributed by atoms with Gasteiger partial charge in [0.1, 0.15) is 11.0 Å². The average molecular weight is 424 g/mol. The van der Waals surface area contributed by atoms with Crippen LogP contribution in [-0.4, -0.2) is 15.9 Å². The van der Waals surface area contributed by atoms with E-state index in [-0.39, 0.29) is 11.7 Å². The zero-order valence-electron chi connectivity index (χ0n) is 16.5. The Hall–Kier alpha value is -2.53. The summed E-state index contributed by atoms with van der Waals surface area (Å²) in [6, 6.07) is 10.3. The van der Waals surface area contributed by atoms with Crippen molar-refractivity contribution in [3.05, 3.63) is 65.3 Å². The van der Waals surface area contributed by atoms with Crippen LogP contribution in [0.25, 0.3) is 10.9 Å². The highest BCUT2D eigenvalue weighted by atomic mass is 35.5. The van der Waals surface area contributed by atoms with E-state index in [2.05, 4.69) is 21.4 Å². The molecule has 3 aromatic rings.